The molecule has 35 heavy (non-hydrogen) atoms. The van der Waals surface area contributed by atoms with Gasteiger partial charge in [0.25, 0.3) is 0 Å². The normalized spacial score (nSPS) is 19.5. The summed E-state index contributed by atoms with van der Waals surface area (Å²) in [5.41, 5.74) is 0. The Morgan fingerprint density at radius 2 is 1.40 bits per heavy atom. The zero-order valence-corrected chi connectivity index (χ0v) is 23.4. The maximum absolute atomic E-state index is 11.5. The molecular weight excluding hydrogens is 446 g/mol. The van der Waals surface area contributed by atoms with Crippen molar-refractivity contribution in [3.05, 3.63) is 0 Å². The van der Waals surface area contributed by atoms with Gasteiger partial charge in [-0.05, 0) is 13.3 Å². The van der Waals surface area contributed by atoms with E-state index in [1.807, 2.05) is 0 Å². The topological polar surface area (TPSA) is 110 Å². The Morgan fingerprint density at radius 3 is 1.74 bits per heavy atom. The van der Waals surface area contributed by atoms with Crippen LogP contribution in [0.25, 0.3) is 0 Å². The number of aliphatic hydroxyl groups is 1. The van der Waals surface area contributed by atoms with Crippen molar-refractivity contribution >= 4 is 17.8 Å². The molecule has 1 rings (SSSR count). The second-order valence-electron chi connectivity index (χ2n) is 11.1. The maximum Gasteiger partial charge on any atom is 0.362 e. The summed E-state index contributed by atoms with van der Waals surface area (Å²) in [4.78, 5) is 26.0. The largest absolute Gasteiger partial charge is 0.544 e. The Kier molecular flexibility index (Phi) is 17.1. The zero-order chi connectivity index (χ0) is 26.9. The minimum absolute atomic E-state index is 0.0694. The van der Waals surface area contributed by atoms with Gasteiger partial charge in [-0.2, -0.15) is 0 Å². The van der Waals surface area contributed by atoms with Crippen molar-refractivity contribution in [1.82, 2.24) is 0 Å². The molecule has 0 aromatic carbocycles. The Bertz CT molecular complexity index is 631. The molecule has 8 heteroatoms. The van der Waals surface area contributed by atoms with Crippen molar-refractivity contribution in [2.75, 3.05) is 40.8 Å². The van der Waals surface area contributed by atoms with E-state index < -0.39 is 24.2 Å². The number of aliphatic imine (C=N–C) groups is 1. The van der Waals surface area contributed by atoms with Crippen molar-refractivity contribution in [3.63, 3.8) is 0 Å². The van der Waals surface area contributed by atoms with Crippen LogP contribution in [0.4, 0.5) is 0 Å². The van der Waals surface area contributed by atoms with Gasteiger partial charge in [0.2, 0.25) is 5.84 Å². The molecule has 0 spiro atoms. The first-order valence-corrected chi connectivity index (χ1v) is 13.7. The van der Waals surface area contributed by atoms with Gasteiger partial charge in [-0.25, -0.2) is 14.3 Å². The fourth-order valence-corrected chi connectivity index (χ4v) is 4.74. The summed E-state index contributed by atoms with van der Waals surface area (Å²) in [6.07, 6.45) is 15.8. The lowest BCUT2D eigenvalue weighted by Gasteiger charge is -2.40. The van der Waals surface area contributed by atoms with Crippen LogP contribution in [0.1, 0.15) is 104 Å². The van der Waals surface area contributed by atoms with Gasteiger partial charge in [0.1, 0.15) is 13.1 Å². The molecule has 0 saturated carbocycles. The van der Waals surface area contributed by atoms with E-state index in [-0.39, 0.29) is 11.0 Å². The van der Waals surface area contributed by atoms with Gasteiger partial charge in [0.05, 0.1) is 33.7 Å². The Balaban J connectivity index is 0.00000124. The third kappa shape index (κ3) is 14.0. The van der Waals surface area contributed by atoms with Crippen molar-refractivity contribution in [1.29, 1.82) is 0 Å². The van der Waals surface area contributed by atoms with E-state index in [0.717, 1.165) is 25.1 Å². The summed E-state index contributed by atoms with van der Waals surface area (Å²) in [5.74, 6) is -0.982. The van der Waals surface area contributed by atoms with E-state index in [2.05, 4.69) is 11.9 Å². The van der Waals surface area contributed by atoms with Crippen molar-refractivity contribution in [2.24, 2.45) is 4.99 Å². The average molecular weight is 501 g/mol. The minimum Gasteiger partial charge on any atom is -0.544 e. The highest BCUT2D eigenvalue weighted by Crippen LogP contribution is 2.27. The van der Waals surface area contributed by atoms with Crippen LogP contribution < -0.4 is 5.11 Å². The SMILES string of the molecule is CCCCCCCCCCCCCCC1=NCC[N+]1(C(C)O)C(C)C(=O)O.C[N+](C)(C)CC(=O)[O-]. The van der Waals surface area contributed by atoms with Gasteiger partial charge in [-0.1, -0.05) is 77.6 Å². The first-order chi connectivity index (χ1) is 16.4. The van der Waals surface area contributed by atoms with E-state index >= 15 is 0 Å². The van der Waals surface area contributed by atoms with Crippen molar-refractivity contribution in [3.8, 4) is 0 Å². The molecule has 2 N–H and O–H groups in total. The second-order valence-corrected chi connectivity index (χ2v) is 11.1. The summed E-state index contributed by atoms with van der Waals surface area (Å²) in [5, 5.41) is 29.7. The number of aliphatic hydroxyl groups excluding tert-OH is 1. The summed E-state index contributed by atoms with van der Waals surface area (Å²) in [6, 6.07) is -0.649. The molecule has 0 amide bonds. The van der Waals surface area contributed by atoms with Gasteiger partial charge in [-0.15, -0.1) is 0 Å². The number of carboxylic acid groups (broad SMARTS) is 2. The van der Waals surface area contributed by atoms with Gasteiger partial charge in [0, 0.05) is 13.3 Å². The summed E-state index contributed by atoms with van der Waals surface area (Å²) >= 11 is 0. The molecule has 206 valence electrons. The highest BCUT2D eigenvalue weighted by molar-refractivity contribution is 5.81. The smallest absolute Gasteiger partial charge is 0.362 e. The predicted octanol–water partition coefficient (Wildman–Crippen LogP) is 3.56. The predicted molar refractivity (Wildman–Crippen MR) is 140 cm³/mol. The lowest BCUT2D eigenvalue weighted by molar-refractivity contribution is -0.897. The second kappa shape index (κ2) is 17.8. The number of rotatable bonds is 18. The van der Waals surface area contributed by atoms with E-state index in [1.54, 1.807) is 35.0 Å². The number of hydrogen-bond donors (Lipinski definition) is 2. The van der Waals surface area contributed by atoms with Crippen LogP contribution in [0.5, 0.6) is 0 Å². The summed E-state index contributed by atoms with van der Waals surface area (Å²) in [6.45, 7) is 6.94. The molecule has 0 saturated heterocycles. The Hall–Kier alpha value is -1.51. The fourth-order valence-electron chi connectivity index (χ4n) is 4.74. The minimum atomic E-state index is -1.00. The molecule has 0 aliphatic carbocycles. The summed E-state index contributed by atoms with van der Waals surface area (Å²) < 4.78 is 0.537. The fraction of sp³-hybridized carbons (Fsp3) is 0.889. The standard InChI is InChI=1S/C22H42N2O3.C5H11NO2/c1-4-5-6-7-8-9-10-11-12-13-14-15-16-21-23-17-18-24(21,20(3)25)19(2)22(26)27;1-6(2,3)4-5(7)8/h19-20,25H,4-18H2,1-3H3;4H2,1-3H3/p+1. The van der Waals surface area contributed by atoms with Crippen LogP contribution >= 0.6 is 0 Å². The number of carbonyl (C=O) groups excluding carboxylic acids is 1. The molecule has 0 fully saturated rings. The molecule has 3 atom stereocenters. The van der Waals surface area contributed by atoms with Gasteiger partial charge < -0.3 is 24.6 Å². The van der Waals surface area contributed by atoms with Gasteiger partial charge in [0.15, 0.2) is 12.3 Å². The lowest BCUT2D eigenvalue weighted by Crippen LogP contribution is -2.64. The first-order valence-electron chi connectivity index (χ1n) is 13.7. The zero-order valence-electron chi connectivity index (χ0n) is 23.4. The third-order valence-corrected chi connectivity index (χ3v) is 6.82. The molecule has 8 nitrogen and oxygen atoms in total. The van der Waals surface area contributed by atoms with Crippen LogP contribution in [0.3, 0.4) is 0 Å². The number of amidine groups is 1. The van der Waals surface area contributed by atoms with E-state index in [4.69, 9.17) is 0 Å². The number of likely N-dealkylation sites (N-methyl/N-ethyl adjacent to an activating group) is 1. The maximum atomic E-state index is 11.5. The molecular formula is C27H54N3O5+. The number of unbranched alkanes of at least 4 members (excludes halogenated alkanes) is 11. The molecule has 1 aliphatic rings. The number of hydrogen-bond acceptors (Lipinski definition) is 5. The van der Waals surface area contributed by atoms with Crippen molar-refractivity contribution in [2.45, 2.75) is 117 Å². The number of carboxylic acids is 2. The number of nitrogens with zero attached hydrogens (tertiary/aromatic N) is 3. The van der Waals surface area contributed by atoms with Crippen LogP contribution in [-0.2, 0) is 9.59 Å². The quantitative estimate of drug-likeness (QED) is 0.221. The van der Waals surface area contributed by atoms with Crippen LogP contribution in [0.2, 0.25) is 0 Å². The molecule has 0 aromatic rings. The molecule has 0 aromatic heterocycles. The highest BCUT2D eigenvalue weighted by atomic mass is 16.4. The molecule has 3 unspecified atom stereocenters. The van der Waals surface area contributed by atoms with Gasteiger partial charge in [-0.3, -0.25) is 0 Å². The van der Waals surface area contributed by atoms with E-state index in [0.29, 0.717) is 17.6 Å². The Labute approximate surface area is 214 Å². The average Bonchev–Trinajstić information content (AvgIpc) is 3.17. The van der Waals surface area contributed by atoms with Crippen LogP contribution in [-0.4, -0.2) is 90.0 Å². The third-order valence-electron chi connectivity index (χ3n) is 6.82. The monoisotopic (exact) mass is 500 g/mol. The van der Waals surface area contributed by atoms with Crippen LogP contribution in [0.15, 0.2) is 4.99 Å². The summed E-state index contributed by atoms with van der Waals surface area (Å²) in [7, 11) is 5.40. The van der Waals surface area contributed by atoms with E-state index in [1.165, 1.54) is 64.2 Å². The number of quaternary nitrogens is 2. The van der Waals surface area contributed by atoms with Crippen molar-refractivity contribution < 1.29 is 33.9 Å². The molecule has 0 radical (unpaired) electrons. The Morgan fingerprint density at radius 1 is 0.943 bits per heavy atom. The molecule has 0 bridgehead atoms. The van der Waals surface area contributed by atoms with Crippen LogP contribution in [0, 0.1) is 0 Å². The van der Waals surface area contributed by atoms with E-state index in [9.17, 15) is 24.9 Å². The first kappa shape index (κ1) is 33.5. The molecule has 1 aliphatic heterocycles. The highest BCUT2D eigenvalue weighted by Gasteiger charge is 2.49. The lowest BCUT2D eigenvalue weighted by atomic mass is 10.0. The number of carbonyl (C=O) groups is 2. The molecule has 1 heterocycles. The van der Waals surface area contributed by atoms with Gasteiger partial charge >= 0.3 is 5.97 Å². The number of aliphatic carboxylic acids is 2.